The van der Waals surface area contributed by atoms with Crippen molar-refractivity contribution in [3.8, 4) is 0 Å². The van der Waals surface area contributed by atoms with Crippen LogP contribution in [0.2, 0.25) is 0 Å². The third-order valence-corrected chi connectivity index (χ3v) is 4.37. The van der Waals surface area contributed by atoms with Crippen LogP contribution in [-0.2, 0) is 9.53 Å². The van der Waals surface area contributed by atoms with Crippen molar-refractivity contribution in [1.82, 2.24) is 0 Å². The number of rotatable bonds is 0. The summed E-state index contributed by atoms with van der Waals surface area (Å²) in [6.07, 6.45) is 11.5. The van der Waals surface area contributed by atoms with Gasteiger partial charge in [-0.05, 0) is 37.5 Å². The second-order valence-corrected chi connectivity index (χ2v) is 6.16. The highest BCUT2D eigenvalue weighted by Gasteiger charge is 2.40. The molecule has 0 aromatic carbocycles. The second-order valence-electron chi connectivity index (χ2n) is 6.16. The SMILES string of the molecule is O=C1C/C=C\C=C/COC2=C\1C1=C(CC=CC=C1C(F)(F)F)CC/C=C\2. The number of Topliss-reactive ketones (excluding diaryl/α,β-unsaturated/α-hetero) is 1. The first kappa shape index (κ1) is 18.2. The Balaban J connectivity index is 2.25. The van der Waals surface area contributed by atoms with Gasteiger partial charge in [-0.1, -0.05) is 42.0 Å². The third-order valence-electron chi connectivity index (χ3n) is 4.37. The molecule has 136 valence electrons. The number of halogens is 3. The molecule has 0 radical (unpaired) electrons. The highest BCUT2D eigenvalue weighted by molar-refractivity contribution is 6.03. The van der Waals surface area contributed by atoms with Gasteiger partial charge in [0.25, 0.3) is 0 Å². The van der Waals surface area contributed by atoms with Crippen molar-refractivity contribution in [2.75, 3.05) is 6.61 Å². The summed E-state index contributed by atoms with van der Waals surface area (Å²) in [7, 11) is 0. The van der Waals surface area contributed by atoms with E-state index in [1.807, 2.05) is 6.08 Å². The van der Waals surface area contributed by atoms with Crippen LogP contribution in [0, 0.1) is 0 Å². The van der Waals surface area contributed by atoms with E-state index >= 15 is 0 Å². The maximum atomic E-state index is 13.8. The predicted octanol–water partition coefficient (Wildman–Crippen LogP) is 5.44. The Morgan fingerprint density at radius 3 is 2.50 bits per heavy atom. The molecule has 0 fully saturated rings. The molecule has 1 aliphatic heterocycles. The average Bonchev–Trinajstić information content (AvgIpc) is 2.77. The number of carbonyl (C=O) groups excluding carboxylic acids is 1. The first-order chi connectivity index (χ1) is 12.5. The molecule has 0 aromatic heterocycles. The molecule has 0 saturated heterocycles. The van der Waals surface area contributed by atoms with Gasteiger partial charge in [0.05, 0.1) is 11.1 Å². The number of carbonyl (C=O) groups is 1. The molecule has 0 saturated carbocycles. The van der Waals surface area contributed by atoms with Crippen molar-refractivity contribution in [3.05, 3.63) is 82.7 Å². The molecule has 0 N–H and O–H groups in total. The zero-order chi connectivity index (χ0) is 18.6. The molecule has 3 aliphatic rings. The Kier molecular flexibility index (Phi) is 5.45. The standard InChI is InChI=1S/C21H19F3O2/c22-21(23,24)16-11-6-4-9-15-10-5-7-13-18-20(19(15)16)17(25)12-3-1-2-8-14-26-18/h1-4,6-8,11,13H,5,9-10,12,14H2/b3-1-,8-2-,13-7-,20-18+. The number of ether oxygens (including phenoxy) is 1. The summed E-state index contributed by atoms with van der Waals surface area (Å²) in [5.74, 6) is -0.165. The number of hydrogen-bond donors (Lipinski definition) is 0. The van der Waals surface area contributed by atoms with E-state index in [1.54, 1.807) is 36.5 Å². The highest BCUT2D eigenvalue weighted by Crippen LogP contribution is 2.42. The van der Waals surface area contributed by atoms with Gasteiger partial charge in [0.1, 0.15) is 12.4 Å². The average molecular weight is 360 g/mol. The van der Waals surface area contributed by atoms with Gasteiger partial charge in [-0.25, -0.2) is 0 Å². The summed E-state index contributed by atoms with van der Waals surface area (Å²) in [5, 5.41) is 0. The van der Waals surface area contributed by atoms with E-state index in [9.17, 15) is 18.0 Å². The molecule has 2 nitrogen and oxygen atoms in total. The third kappa shape index (κ3) is 3.98. The van der Waals surface area contributed by atoms with E-state index in [2.05, 4.69) is 0 Å². The summed E-state index contributed by atoms with van der Waals surface area (Å²) in [6, 6.07) is 0. The van der Waals surface area contributed by atoms with E-state index in [0.29, 0.717) is 24.8 Å². The van der Waals surface area contributed by atoms with Gasteiger partial charge < -0.3 is 4.74 Å². The lowest BCUT2D eigenvalue weighted by Crippen LogP contribution is -2.21. The summed E-state index contributed by atoms with van der Waals surface area (Å²) in [4.78, 5) is 12.9. The monoisotopic (exact) mass is 360 g/mol. The number of alkyl halides is 3. The first-order valence-corrected chi connectivity index (χ1v) is 8.53. The molecule has 0 spiro atoms. The van der Waals surface area contributed by atoms with Crippen molar-refractivity contribution >= 4 is 5.78 Å². The van der Waals surface area contributed by atoms with Crippen LogP contribution in [0.3, 0.4) is 0 Å². The first-order valence-electron chi connectivity index (χ1n) is 8.53. The fourth-order valence-corrected chi connectivity index (χ4v) is 3.20. The van der Waals surface area contributed by atoms with Crippen LogP contribution in [0.5, 0.6) is 0 Å². The summed E-state index contributed by atoms with van der Waals surface area (Å²) in [5.41, 5.74) is -0.140. The van der Waals surface area contributed by atoms with Crippen LogP contribution in [0.15, 0.2) is 82.7 Å². The Hall–Kier alpha value is -2.56. The normalized spacial score (nSPS) is 27.8. The molecule has 0 aromatic rings. The lowest BCUT2D eigenvalue weighted by atomic mass is 9.84. The Labute approximate surface area is 150 Å². The fourth-order valence-electron chi connectivity index (χ4n) is 3.20. The molecule has 1 heterocycles. The largest absolute Gasteiger partial charge is 0.489 e. The number of hydrogen-bond acceptors (Lipinski definition) is 2. The molecule has 5 heteroatoms. The summed E-state index contributed by atoms with van der Waals surface area (Å²) >= 11 is 0. The van der Waals surface area contributed by atoms with Gasteiger partial charge in [-0.2, -0.15) is 13.2 Å². The van der Waals surface area contributed by atoms with Gasteiger partial charge >= 0.3 is 6.18 Å². The van der Waals surface area contributed by atoms with E-state index < -0.39 is 11.7 Å². The lowest BCUT2D eigenvalue weighted by molar-refractivity contribution is -0.114. The minimum absolute atomic E-state index is 0.00944. The number of allylic oxidation sites excluding steroid dienone is 12. The zero-order valence-corrected chi connectivity index (χ0v) is 14.2. The van der Waals surface area contributed by atoms with Crippen LogP contribution < -0.4 is 0 Å². The van der Waals surface area contributed by atoms with Gasteiger partial charge in [0, 0.05) is 12.0 Å². The quantitative estimate of drug-likeness (QED) is 0.575. The van der Waals surface area contributed by atoms with Crippen LogP contribution in [-0.4, -0.2) is 18.6 Å². The smallest absolute Gasteiger partial charge is 0.417 e. The molecule has 0 amide bonds. The lowest BCUT2D eigenvalue weighted by Gasteiger charge is -2.24. The molecule has 26 heavy (non-hydrogen) atoms. The number of fused-ring (bicyclic) bond motifs is 1. The maximum absolute atomic E-state index is 13.8. The molecule has 2 aliphatic carbocycles. The molecular formula is C21H19F3O2. The summed E-state index contributed by atoms with van der Waals surface area (Å²) in [6.45, 7) is 0.187. The molecule has 3 rings (SSSR count). The second kappa shape index (κ2) is 7.77. The van der Waals surface area contributed by atoms with Crippen LogP contribution in [0.4, 0.5) is 13.2 Å². The Morgan fingerprint density at radius 2 is 1.69 bits per heavy atom. The van der Waals surface area contributed by atoms with Crippen LogP contribution >= 0.6 is 0 Å². The van der Waals surface area contributed by atoms with Gasteiger partial charge in [-0.15, -0.1) is 0 Å². The van der Waals surface area contributed by atoms with E-state index in [0.717, 1.165) is 6.08 Å². The van der Waals surface area contributed by atoms with Gasteiger partial charge in [-0.3, -0.25) is 4.79 Å². The molecule has 0 bridgehead atoms. The zero-order valence-electron chi connectivity index (χ0n) is 14.2. The fraction of sp³-hybridized carbons (Fsp3) is 0.286. The van der Waals surface area contributed by atoms with Gasteiger partial charge in [0.15, 0.2) is 5.78 Å². The minimum Gasteiger partial charge on any atom is -0.489 e. The minimum atomic E-state index is -4.55. The maximum Gasteiger partial charge on any atom is 0.417 e. The van der Waals surface area contributed by atoms with Crippen molar-refractivity contribution in [2.24, 2.45) is 0 Å². The topological polar surface area (TPSA) is 26.3 Å². The number of ketones is 1. The van der Waals surface area contributed by atoms with Crippen molar-refractivity contribution in [3.63, 3.8) is 0 Å². The molecular weight excluding hydrogens is 341 g/mol. The Morgan fingerprint density at radius 1 is 0.923 bits per heavy atom. The van der Waals surface area contributed by atoms with Crippen molar-refractivity contribution < 1.29 is 22.7 Å². The van der Waals surface area contributed by atoms with E-state index in [4.69, 9.17) is 4.74 Å². The van der Waals surface area contributed by atoms with Crippen LogP contribution in [0.1, 0.15) is 25.7 Å². The van der Waals surface area contributed by atoms with Crippen molar-refractivity contribution in [1.29, 1.82) is 0 Å². The van der Waals surface area contributed by atoms with Crippen molar-refractivity contribution in [2.45, 2.75) is 31.9 Å². The van der Waals surface area contributed by atoms with E-state index in [1.165, 1.54) is 6.08 Å². The predicted molar refractivity (Wildman–Crippen MR) is 94.2 cm³/mol. The van der Waals surface area contributed by atoms with Crippen LogP contribution in [0.25, 0.3) is 0 Å². The highest BCUT2D eigenvalue weighted by atomic mass is 19.4. The van der Waals surface area contributed by atoms with Gasteiger partial charge in [0.2, 0.25) is 0 Å². The summed E-state index contributed by atoms with van der Waals surface area (Å²) < 4.78 is 47.0. The molecule has 0 unspecified atom stereocenters. The van der Waals surface area contributed by atoms with E-state index in [-0.39, 0.29) is 35.7 Å². The molecule has 0 atom stereocenters. The Bertz CT molecular complexity index is 800.